The van der Waals surface area contributed by atoms with E-state index >= 15 is 0 Å². The lowest BCUT2D eigenvalue weighted by atomic mass is 10.1. The predicted octanol–water partition coefficient (Wildman–Crippen LogP) is 2.56. The van der Waals surface area contributed by atoms with Crippen molar-refractivity contribution in [1.29, 1.82) is 0 Å². The van der Waals surface area contributed by atoms with Gasteiger partial charge in [-0.2, -0.15) is 0 Å². The number of carbonyl (C=O) groups excluding carboxylic acids is 1. The normalized spacial score (nSPS) is 10.2. The van der Waals surface area contributed by atoms with Crippen molar-refractivity contribution in [3.05, 3.63) is 41.7 Å². The first kappa shape index (κ1) is 11.4. The number of nitrogens with zero attached hydrogens (tertiary/aromatic N) is 1. The molecule has 2 aromatic rings. The van der Waals surface area contributed by atoms with Gasteiger partial charge in [-0.15, -0.1) is 0 Å². The Labute approximate surface area is 99.7 Å². The van der Waals surface area contributed by atoms with Gasteiger partial charge in [-0.3, -0.25) is 4.98 Å². The van der Waals surface area contributed by atoms with Gasteiger partial charge in [0.1, 0.15) is 0 Å². The summed E-state index contributed by atoms with van der Waals surface area (Å²) in [6.45, 7) is 4.03. The lowest BCUT2D eigenvalue weighted by Crippen LogP contribution is -2.06. The second-order valence-corrected chi connectivity index (χ2v) is 3.66. The van der Waals surface area contributed by atoms with Crippen molar-refractivity contribution in [2.75, 3.05) is 6.61 Å². The molecule has 0 bridgehead atoms. The van der Waals surface area contributed by atoms with Crippen molar-refractivity contribution in [2.24, 2.45) is 0 Å². The van der Waals surface area contributed by atoms with E-state index in [1.165, 1.54) is 0 Å². The molecule has 4 nitrogen and oxygen atoms in total. The third-order valence-corrected chi connectivity index (χ3v) is 2.48. The van der Waals surface area contributed by atoms with Crippen molar-refractivity contribution in [1.82, 2.24) is 9.97 Å². The van der Waals surface area contributed by atoms with Crippen molar-refractivity contribution in [3.63, 3.8) is 0 Å². The van der Waals surface area contributed by atoms with E-state index in [9.17, 15) is 4.79 Å². The molecule has 2 rings (SSSR count). The SMILES string of the molecule is CCOC(=O)c1c(C)c[nH]c1-c1ccccn1. The topological polar surface area (TPSA) is 55.0 Å². The molecule has 0 atom stereocenters. The Hall–Kier alpha value is -2.10. The van der Waals surface area contributed by atoms with Gasteiger partial charge in [0.25, 0.3) is 0 Å². The number of aromatic amines is 1. The lowest BCUT2D eigenvalue weighted by molar-refractivity contribution is 0.0526. The predicted molar refractivity (Wildman–Crippen MR) is 64.7 cm³/mol. The number of nitrogens with one attached hydrogen (secondary N) is 1. The van der Waals surface area contributed by atoms with E-state index < -0.39 is 0 Å². The quantitative estimate of drug-likeness (QED) is 0.824. The Morgan fingerprint density at radius 3 is 2.94 bits per heavy atom. The monoisotopic (exact) mass is 230 g/mol. The van der Waals surface area contributed by atoms with Gasteiger partial charge in [-0.25, -0.2) is 4.79 Å². The van der Waals surface area contributed by atoms with E-state index in [1.807, 2.05) is 25.1 Å². The van der Waals surface area contributed by atoms with Crippen molar-refractivity contribution in [3.8, 4) is 11.4 Å². The highest BCUT2D eigenvalue weighted by molar-refractivity contribution is 5.97. The average molecular weight is 230 g/mol. The van der Waals surface area contributed by atoms with E-state index in [-0.39, 0.29) is 5.97 Å². The minimum absolute atomic E-state index is 0.313. The molecule has 0 aliphatic heterocycles. The van der Waals surface area contributed by atoms with Crippen LogP contribution in [0.2, 0.25) is 0 Å². The molecule has 0 aliphatic carbocycles. The molecule has 0 radical (unpaired) electrons. The van der Waals surface area contributed by atoms with Gasteiger partial charge in [-0.1, -0.05) is 6.07 Å². The molecule has 0 saturated heterocycles. The zero-order chi connectivity index (χ0) is 12.3. The van der Waals surface area contributed by atoms with Crippen LogP contribution in [0.25, 0.3) is 11.4 Å². The van der Waals surface area contributed by atoms with Crippen molar-refractivity contribution >= 4 is 5.97 Å². The number of esters is 1. The molecule has 4 heteroatoms. The summed E-state index contributed by atoms with van der Waals surface area (Å²) in [5.74, 6) is -0.313. The van der Waals surface area contributed by atoms with Crippen LogP contribution in [0.15, 0.2) is 30.6 Å². The zero-order valence-electron chi connectivity index (χ0n) is 9.86. The Kier molecular flexibility index (Phi) is 3.23. The fourth-order valence-corrected chi connectivity index (χ4v) is 1.70. The Morgan fingerprint density at radius 2 is 2.29 bits per heavy atom. The number of hydrogen-bond donors (Lipinski definition) is 1. The molecule has 0 amide bonds. The van der Waals surface area contributed by atoms with Crippen LogP contribution in [0.4, 0.5) is 0 Å². The molecular weight excluding hydrogens is 216 g/mol. The van der Waals surface area contributed by atoms with Gasteiger partial charge >= 0.3 is 5.97 Å². The Balaban J connectivity index is 2.46. The summed E-state index contributed by atoms with van der Waals surface area (Å²) in [6.07, 6.45) is 3.48. The van der Waals surface area contributed by atoms with E-state index in [2.05, 4.69) is 9.97 Å². The number of aryl methyl sites for hydroxylation is 1. The number of pyridine rings is 1. The highest BCUT2D eigenvalue weighted by Gasteiger charge is 2.19. The molecular formula is C13H14N2O2. The maximum absolute atomic E-state index is 11.9. The van der Waals surface area contributed by atoms with E-state index in [1.54, 1.807) is 19.3 Å². The number of aromatic nitrogens is 2. The summed E-state index contributed by atoms with van der Waals surface area (Å²) in [4.78, 5) is 19.1. The van der Waals surface area contributed by atoms with Gasteiger partial charge < -0.3 is 9.72 Å². The summed E-state index contributed by atoms with van der Waals surface area (Å²) in [5.41, 5.74) is 2.87. The number of ether oxygens (including phenoxy) is 1. The molecule has 0 aromatic carbocycles. The van der Waals surface area contributed by atoms with Crippen LogP contribution in [-0.4, -0.2) is 22.5 Å². The summed E-state index contributed by atoms with van der Waals surface area (Å²) in [7, 11) is 0. The molecule has 88 valence electrons. The van der Waals surface area contributed by atoms with Crippen molar-refractivity contribution in [2.45, 2.75) is 13.8 Å². The van der Waals surface area contributed by atoms with E-state index in [4.69, 9.17) is 4.74 Å². The number of H-pyrrole nitrogens is 1. The standard InChI is InChI=1S/C13H14N2O2/c1-3-17-13(16)11-9(2)8-15-12(11)10-6-4-5-7-14-10/h4-8,15H,3H2,1-2H3. The highest BCUT2D eigenvalue weighted by Crippen LogP contribution is 2.23. The van der Waals surface area contributed by atoms with Crippen molar-refractivity contribution < 1.29 is 9.53 Å². The molecule has 17 heavy (non-hydrogen) atoms. The van der Waals surface area contributed by atoms with Crippen LogP contribution in [-0.2, 0) is 4.74 Å². The molecule has 0 spiro atoms. The van der Waals surface area contributed by atoms with Crippen LogP contribution >= 0.6 is 0 Å². The van der Waals surface area contributed by atoms with Gasteiger partial charge in [0.2, 0.25) is 0 Å². The van der Waals surface area contributed by atoms with Crippen LogP contribution in [0.3, 0.4) is 0 Å². The molecule has 1 N–H and O–H groups in total. The molecule has 0 unspecified atom stereocenters. The third-order valence-electron chi connectivity index (χ3n) is 2.48. The first-order valence-electron chi connectivity index (χ1n) is 5.50. The summed E-state index contributed by atoms with van der Waals surface area (Å²) in [6, 6.07) is 5.57. The van der Waals surface area contributed by atoms with Crippen LogP contribution < -0.4 is 0 Å². The summed E-state index contributed by atoms with van der Waals surface area (Å²) < 4.78 is 5.04. The smallest absolute Gasteiger partial charge is 0.340 e. The van der Waals surface area contributed by atoms with Crippen LogP contribution in [0, 0.1) is 6.92 Å². The fraction of sp³-hybridized carbons (Fsp3) is 0.231. The summed E-state index contributed by atoms with van der Waals surface area (Å²) in [5, 5.41) is 0. The third kappa shape index (κ3) is 2.20. The maximum Gasteiger partial charge on any atom is 0.340 e. The molecule has 2 aromatic heterocycles. The van der Waals surface area contributed by atoms with E-state index in [0.29, 0.717) is 17.9 Å². The number of hydrogen-bond acceptors (Lipinski definition) is 3. The lowest BCUT2D eigenvalue weighted by Gasteiger charge is -2.04. The zero-order valence-corrected chi connectivity index (χ0v) is 9.86. The van der Waals surface area contributed by atoms with Gasteiger partial charge in [-0.05, 0) is 31.5 Å². The van der Waals surface area contributed by atoms with Gasteiger partial charge in [0.15, 0.2) is 0 Å². The molecule has 0 fully saturated rings. The molecule has 2 heterocycles. The maximum atomic E-state index is 11.9. The van der Waals surface area contributed by atoms with E-state index in [0.717, 1.165) is 11.3 Å². The minimum atomic E-state index is -0.313. The molecule has 0 saturated carbocycles. The summed E-state index contributed by atoms with van der Waals surface area (Å²) >= 11 is 0. The highest BCUT2D eigenvalue weighted by atomic mass is 16.5. The second-order valence-electron chi connectivity index (χ2n) is 3.66. The largest absolute Gasteiger partial charge is 0.462 e. The Bertz CT molecular complexity index is 517. The first-order valence-corrected chi connectivity index (χ1v) is 5.50. The number of rotatable bonds is 3. The minimum Gasteiger partial charge on any atom is -0.462 e. The number of carbonyl (C=O) groups is 1. The van der Waals surface area contributed by atoms with Gasteiger partial charge in [0.05, 0.1) is 23.6 Å². The van der Waals surface area contributed by atoms with Crippen LogP contribution in [0.1, 0.15) is 22.8 Å². The molecule has 0 aliphatic rings. The fourth-order valence-electron chi connectivity index (χ4n) is 1.70. The van der Waals surface area contributed by atoms with Gasteiger partial charge in [0, 0.05) is 12.4 Å². The second kappa shape index (κ2) is 4.82. The Morgan fingerprint density at radius 1 is 1.47 bits per heavy atom. The first-order chi connectivity index (χ1) is 8.24. The average Bonchev–Trinajstić information content (AvgIpc) is 2.73. The van der Waals surface area contributed by atoms with Crippen LogP contribution in [0.5, 0.6) is 0 Å².